The highest BCUT2D eigenvalue weighted by molar-refractivity contribution is 6.31. The molecule has 1 aromatic carbocycles. The van der Waals surface area contributed by atoms with Crippen molar-refractivity contribution < 1.29 is 32.2 Å². The number of rotatable bonds is 1. The maximum Gasteiger partial charge on any atom is 0.416 e. The van der Waals surface area contributed by atoms with Crippen LogP contribution in [0, 0.1) is 0 Å². The normalized spacial score (nSPS) is 27.5. The zero-order chi connectivity index (χ0) is 23.6. The van der Waals surface area contributed by atoms with Crippen molar-refractivity contribution in [3.8, 4) is 0 Å². The number of alkyl halides is 3. The Morgan fingerprint density at radius 2 is 1.91 bits per heavy atom. The van der Waals surface area contributed by atoms with E-state index in [0.29, 0.717) is 17.5 Å². The van der Waals surface area contributed by atoms with Crippen molar-refractivity contribution in [2.75, 3.05) is 19.7 Å². The molecule has 0 aromatic heterocycles. The number of fused-ring (bicyclic) bond motifs is 3. The molecule has 1 aromatic rings. The molecule has 176 valence electrons. The van der Waals surface area contributed by atoms with Gasteiger partial charge in [0.05, 0.1) is 30.8 Å². The molecule has 4 rings (SSSR count). The van der Waals surface area contributed by atoms with E-state index in [-0.39, 0.29) is 43.1 Å². The molecule has 3 atom stereocenters. The van der Waals surface area contributed by atoms with Crippen molar-refractivity contribution in [1.29, 1.82) is 0 Å². The van der Waals surface area contributed by atoms with Crippen LogP contribution in [0.15, 0.2) is 12.1 Å². The molecule has 2 fully saturated rings. The second-order valence-electron chi connectivity index (χ2n) is 9.72. The Labute approximate surface area is 189 Å². The first-order valence-electron chi connectivity index (χ1n) is 10.6. The Bertz CT molecular complexity index is 962. The van der Waals surface area contributed by atoms with Crippen molar-refractivity contribution in [3.05, 3.63) is 33.8 Å². The molecule has 2 bridgehead atoms. The van der Waals surface area contributed by atoms with Gasteiger partial charge < -0.3 is 14.4 Å². The zero-order valence-corrected chi connectivity index (χ0v) is 19.1. The minimum atomic E-state index is -4.49. The first-order valence-corrected chi connectivity index (χ1v) is 10.9. The highest BCUT2D eigenvalue weighted by Gasteiger charge is 2.59. The van der Waals surface area contributed by atoms with Gasteiger partial charge in [0.15, 0.2) is 5.60 Å². The van der Waals surface area contributed by atoms with Gasteiger partial charge in [-0.1, -0.05) is 11.6 Å². The van der Waals surface area contributed by atoms with E-state index in [2.05, 4.69) is 0 Å². The molecule has 2 amide bonds. The molecule has 0 aliphatic carbocycles. The lowest BCUT2D eigenvalue weighted by atomic mass is 9.89. The van der Waals surface area contributed by atoms with Crippen LogP contribution in [0.1, 0.15) is 56.8 Å². The summed E-state index contributed by atoms with van der Waals surface area (Å²) >= 11 is 6.24. The first kappa shape index (κ1) is 23.2. The van der Waals surface area contributed by atoms with Crippen LogP contribution in [0.25, 0.3) is 0 Å². The molecule has 3 heterocycles. The van der Waals surface area contributed by atoms with E-state index < -0.39 is 35.1 Å². The van der Waals surface area contributed by atoms with E-state index in [0.717, 1.165) is 12.1 Å². The number of benzene rings is 1. The summed E-state index contributed by atoms with van der Waals surface area (Å²) < 4.78 is 50.8. The first-order chi connectivity index (χ1) is 14.7. The van der Waals surface area contributed by atoms with Gasteiger partial charge in [-0.05, 0) is 57.4 Å². The molecule has 3 aliphatic heterocycles. The van der Waals surface area contributed by atoms with Crippen LogP contribution in [-0.4, -0.2) is 58.7 Å². The predicted molar refractivity (Wildman–Crippen MR) is 110 cm³/mol. The Morgan fingerprint density at radius 1 is 1.22 bits per heavy atom. The average molecular weight is 475 g/mol. The van der Waals surface area contributed by atoms with Gasteiger partial charge in [-0.2, -0.15) is 13.2 Å². The summed E-state index contributed by atoms with van der Waals surface area (Å²) in [5.41, 5.74) is -1.62. The molecule has 3 aliphatic rings. The topological polar surface area (TPSA) is 59.1 Å². The number of likely N-dealkylation sites (tertiary alicyclic amines) is 1. The lowest BCUT2D eigenvalue weighted by Crippen LogP contribution is -2.56. The van der Waals surface area contributed by atoms with E-state index in [4.69, 9.17) is 21.1 Å². The highest BCUT2D eigenvalue weighted by atomic mass is 35.5. The van der Waals surface area contributed by atoms with Gasteiger partial charge in [-0.25, -0.2) is 4.79 Å². The standard InChI is InChI=1S/C22H26ClF3N2O4/c1-12-17-13(7-14(8-16(17)23)22(24,25)26)5-6-27(12)18(29)21-9-15(10-31-21)28(11-21)19(30)32-20(2,3)4/h7-8,12,15H,5-6,9-11H2,1-4H3/t12?,15-,21-/m0/s1. The van der Waals surface area contributed by atoms with E-state index in [1.54, 1.807) is 32.6 Å². The molecule has 0 spiro atoms. The quantitative estimate of drug-likeness (QED) is 0.597. The van der Waals surface area contributed by atoms with Crippen molar-refractivity contribution in [3.63, 3.8) is 0 Å². The fourth-order valence-corrected chi connectivity index (χ4v) is 5.26. The fourth-order valence-electron chi connectivity index (χ4n) is 4.86. The zero-order valence-electron chi connectivity index (χ0n) is 18.4. The minimum Gasteiger partial charge on any atom is -0.444 e. The van der Waals surface area contributed by atoms with Gasteiger partial charge in [0, 0.05) is 18.0 Å². The highest BCUT2D eigenvalue weighted by Crippen LogP contribution is 2.44. The van der Waals surface area contributed by atoms with Crippen LogP contribution in [0.5, 0.6) is 0 Å². The largest absolute Gasteiger partial charge is 0.444 e. The van der Waals surface area contributed by atoms with Crippen molar-refractivity contribution in [2.24, 2.45) is 0 Å². The van der Waals surface area contributed by atoms with Crippen LogP contribution in [0.4, 0.5) is 18.0 Å². The molecule has 1 unspecified atom stereocenters. The molecular weight excluding hydrogens is 449 g/mol. The number of carbonyl (C=O) groups is 2. The van der Waals surface area contributed by atoms with Gasteiger partial charge in [-0.15, -0.1) is 0 Å². The minimum absolute atomic E-state index is 0.00987. The van der Waals surface area contributed by atoms with E-state index in [1.165, 1.54) is 4.90 Å². The van der Waals surface area contributed by atoms with Gasteiger partial charge in [0.1, 0.15) is 5.60 Å². The Morgan fingerprint density at radius 3 is 2.53 bits per heavy atom. The second-order valence-corrected chi connectivity index (χ2v) is 10.1. The third-order valence-corrected chi connectivity index (χ3v) is 6.63. The third kappa shape index (κ3) is 3.94. The van der Waals surface area contributed by atoms with Crippen LogP contribution >= 0.6 is 11.6 Å². The van der Waals surface area contributed by atoms with Gasteiger partial charge in [0.25, 0.3) is 5.91 Å². The Kier molecular flexibility index (Phi) is 5.44. The van der Waals surface area contributed by atoms with Gasteiger partial charge in [0.2, 0.25) is 0 Å². The summed E-state index contributed by atoms with van der Waals surface area (Å²) in [6.07, 6.45) is -4.36. The Balaban J connectivity index is 1.56. The molecule has 10 heteroatoms. The summed E-state index contributed by atoms with van der Waals surface area (Å²) in [4.78, 5) is 29.3. The number of hydrogen-bond acceptors (Lipinski definition) is 4. The number of amides is 2. The van der Waals surface area contributed by atoms with Crippen molar-refractivity contribution >= 4 is 23.6 Å². The van der Waals surface area contributed by atoms with Crippen LogP contribution < -0.4 is 0 Å². The number of nitrogens with zero attached hydrogens (tertiary/aromatic N) is 2. The smallest absolute Gasteiger partial charge is 0.416 e. The summed E-state index contributed by atoms with van der Waals surface area (Å²) in [6, 6.07) is 1.25. The maximum atomic E-state index is 13.6. The average Bonchev–Trinajstić information content (AvgIpc) is 3.25. The number of hydrogen-bond donors (Lipinski definition) is 0. The van der Waals surface area contributed by atoms with E-state index in [1.807, 2.05) is 0 Å². The number of carbonyl (C=O) groups excluding carboxylic acids is 2. The molecule has 0 N–H and O–H groups in total. The molecule has 2 saturated heterocycles. The van der Waals surface area contributed by atoms with Gasteiger partial charge >= 0.3 is 12.3 Å². The lowest BCUT2D eigenvalue weighted by Gasteiger charge is -2.41. The van der Waals surface area contributed by atoms with E-state index in [9.17, 15) is 22.8 Å². The molecule has 0 saturated carbocycles. The second kappa shape index (κ2) is 7.52. The van der Waals surface area contributed by atoms with E-state index >= 15 is 0 Å². The van der Waals surface area contributed by atoms with Crippen molar-refractivity contribution in [1.82, 2.24) is 9.80 Å². The number of ether oxygens (including phenoxy) is 2. The lowest BCUT2D eigenvalue weighted by molar-refractivity contribution is -0.158. The molecule has 32 heavy (non-hydrogen) atoms. The van der Waals surface area contributed by atoms with Gasteiger partial charge in [-0.3, -0.25) is 9.69 Å². The number of morpholine rings is 1. The monoisotopic (exact) mass is 474 g/mol. The molecular formula is C22H26ClF3N2O4. The molecule has 6 nitrogen and oxygen atoms in total. The third-order valence-electron chi connectivity index (χ3n) is 6.31. The fraction of sp³-hybridized carbons (Fsp3) is 0.636. The van der Waals surface area contributed by atoms with Crippen molar-refractivity contribution in [2.45, 2.75) is 70.0 Å². The summed E-state index contributed by atoms with van der Waals surface area (Å²) in [7, 11) is 0. The number of halogens is 4. The predicted octanol–water partition coefficient (Wildman–Crippen LogP) is 4.58. The summed E-state index contributed by atoms with van der Waals surface area (Å²) in [5, 5.41) is -0.00987. The van der Waals surface area contributed by atoms with Crippen LogP contribution in [0.2, 0.25) is 5.02 Å². The maximum absolute atomic E-state index is 13.6. The summed E-state index contributed by atoms with van der Waals surface area (Å²) in [6.45, 7) is 7.64. The SMILES string of the molecule is CC1c2c(Cl)cc(C(F)(F)F)cc2CCN1C(=O)[C@@]12C[C@@H](CO1)N(C(=O)OC(C)(C)C)C2. The summed E-state index contributed by atoms with van der Waals surface area (Å²) in [5.74, 6) is -0.278. The molecule has 0 radical (unpaired) electrons. The van der Waals surface area contributed by atoms with Crippen LogP contribution in [-0.2, 0) is 26.9 Å². The van der Waals surface area contributed by atoms with Crippen LogP contribution in [0.3, 0.4) is 0 Å². The Hall–Kier alpha value is -2.00.